The fourth-order valence-electron chi connectivity index (χ4n) is 3.28. The van der Waals surface area contributed by atoms with Crippen LogP contribution in [0.15, 0.2) is 54.9 Å². The highest BCUT2D eigenvalue weighted by Gasteiger charge is 2.20. The van der Waals surface area contributed by atoms with E-state index in [9.17, 15) is 10.2 Å². The van der Waals surface area contributed by atoms with Gasteiger partial charge in [0.1, 0.15) is 30.3 Å². The van der Waals surface area contributed by atoms with Gasteiger partial charge in [-0.2, -0.15) is 0 Å². The molecule has 1 aliphatic rings. The minimum atomic E-state index is -0.201. The van der Waals surface area contributed by atoms with E-state index in [2.05, 4.69) is 15.3 Å². The Kier molecular flexibility index (Phi) is 4.89. The van der Waals surface area contributed by atoms with Crippen molar-refractivity contribution in [3.8, 4) is 11.5 Å². The van der Waals surface area contributed by atoms with Crippen molar-refractivity contribution in [2.24, 2.45) is 0 Å². The van der Waals surface area contributed by atoms with Crippen molar-refractivity contribution in [3.05, 3.63) is 77.2 Å². The summed E-state index contributed by atoms with van der Waals surface area (Å²) in [7, 11) is 0. The fraction of sp³-hybridized carbons (Fsp3) is 0.238. The summed E-state index contributed by atoms with van der Waals surface area (Å²) in [6, 6.07) is 14.8. The molecule has 138 valence electrons. The Labute approximate surface area is 157 Å². The Morgan fingerprint density at radius 1 is 1.07 bits per heavy atom. The molecule has 1 aliphatic heterocycles. The van der Waals surface area contributed by atoms with Crippen molar-refractivity contribution >= 4 is 5.82 Å². The lowest BCUT2D eigenvalue weighted by molar-refractivity contribution is 0.273. The van der Waals surface area contributed by atoms with Gasteiger partial charge in [0.05, 0.1) is 18.3 Å². The second kappa shape index (κ2) is 7.63. The Morgan fingerprint density at radius 3 is 2.70 bits per heavy atom. The van der Waals surface area contributed by atoms with E-state index in [-0.39, 0.29) is 18.4 Å². The number of anilines is 1. The number of phenolic OH excluding ortho intramolecular Hbond substituents is 1. The minimum absolute atomic E-state index is 0.0350. The predicted molar refractivity (Wildman–Crippen MR) is 102 cm³/mol. The summed E-state index contributed by atoms with van der Waals surface area (Å²) in [5.74, 6) is 1.81. The van der Waals surface area contributed by atoms with Crippen LogP contribution in [0.3, 0.4) is 0 Å². The lowest BCUT2D eigenvalue weighted by atomic mass is 10.0. The molecule has 0 amide bonds. The maximum atomic E-state index is 9.84. The highest BCUT2D eigenvalue weighted by Crippen LogP contribution is 2.30. The van der Waals surface area contributed by atoms with Gasteiger partial charge in [-0.3, -0.25) is 0 Å². The number of fused-ring (bicyclic) bond motifs is 2. The van der Waals surface area contributed by atoms with Gasteiger partial charge in [-0.15, -0.1) is 0 Å². The SMILES string of the molecule is OC[C@@H](Cc1ccc(O)cc1)Nc1ncnc2c1Cc1ccccc1OC2. The van der Waals surface area contributed by atoms with Crippen molar-refractivity contribution in [1.82, 2.24) is 9.97 Å². The van der Waals surface area contributed by atoms with E-state index >= 15 is 0 Å². The third-order valence-corrected chi connectivity index (χ3v) is 4.72. The summed E-state index contributed by atoms with van der Waals surface area (Å²) < 4.78 is 5.88. The normalized spacial score (nSPS) is 13.7. The standard InChI is InChI=1S/C21H21N3O3/c25-11-16(9-14-5-7-17(26)8-6-14)24-21-18-10-15-3-1-2-4-20(15)27-12-19(18)22-13-23-21/h1-8,13,16,25-26H,9-12H2,(H,22,23,24)/t16-/m1/s1. The highest BCUT2D eigenvalue weighted by molar-refractivity contribution is 5.52. The van der Waals surface area contributed by atoms with Crippen LogP contribution >= 0.6 is 0 Å². The molecule has 2 aromatic carbocycles. The summed E-state index contributed by atoms with van der Waals surface area (Å²) in [6.07, 6.45) is 2.81. The first kappa shape index (κ1) is 17.3. The minimum Gasteiger partial charge on any atom is -0.508 e. The first-order chi connectivity index (χ1) is 13.2. The molecule has 6 nitrogen and oxygen atoms in total. The van der Waals surface area contributed by atoms with Crippen molar-refractivity contribution in [2.75, 3.05) is 11.9 Å². The average molecular weight is 363 g/mol. The van der Waals surface area contributed by atoms with Gasteiger partial charge in [0, 0.05) is 12.0 Å². The number of hydrogen-bond donors (Lipinski definition) is 3. The smallest absolute Gasteiger partial charge is 0.133 e. The number of aromatic hydroxyl groups is 1. The van der Waals surface area contributed by atoms with Gasteiger partial charge < -0.3 is 20.3 Å². The third-order valence-electron chi connectivity index (χ3n) is 4.72. The zero-order chi connectivity index (χ0) is 18.6. The summed E-state index contributed by atoms with van der Waals surface area (Å²) in [4.78, 5) is 8.80. The topological polar surface area (TPSA) is 87.5 Å². The molecule has 0 bridgehead atoms. The predicted octanol–water partition coefficient (Wildman–Crippen LogP) is 2.68. The quantitative estimate of drug-likeness (QED) is 0.646. The van der Waals surface area contributed by atoms with E-state index < -0.39 is 0 Å². The Balaban J connectivity index is 1.58. The van der Waals surface area contributed by atoms with Crippen molar-refractivity contribution in [2.45, 2.75) is 25.5 Å². The Hall–Kier alpha value is -3.12. The molecular formula is C21H21N3O3. The molecule has 0 saturated carbocycles. The summed E-state index contributed by atoms with van der Waals surface area (Å²) in [5, 5.41) is 22.6. The number of rotatable bonds is 5. The van der Waals surface area contributed by atoms with E-state index in [1.165, 1.54) is 6.33 Å². The highest BCUT2D eigenvalue weighted by atomic mass is 16.5. The fourth-order valence-corrected chi connectivity index (χ4v) is 3.28. The number of aliphatic hydroxyl groups is 1. The van der Waals surface area contributed by atoms with Crippen LogP contribution in [0.2, 0.25) is 0 Å². The molecule has 0 unspecified atom stereocenters. The molecule has 2 heterocycles. The van der Waals surface area contributed by atoms with Crippen molar-refractivity contribution < 1.29 is 14.9 Å². The molecule has 3 aromatic rings. The lowest BCUT2D eigenvalue weighted by Gasteiger charge is -2.19. The second-order valence-electron chi connectivity index (χ2n) is 6.62. The van der Waals surface area contributed by atoms with E-state index in [1.54, 1.807) is 12.1 Å². The number of nitrogens with one attached hydrogen (secondary N) is 1. The van der Waals surface area contributed by atoms with Gasteiger partial charge in [-0.05, 0) is 35.7 Å². The van der Waals surface area contributed by atoms with Gasteiger partial charge in [0.2, 0.25) is 0 Å². The molecule has 6 heteroatoms. The van der Waals surface area contributed by atoms with Crippen LogP contribution in [0, 0.1) is 0 Å². The zero-order valence-corrected chi connectivity index (χ0v) is 14.8. The van der Waals surface area contributed by atoms with Gasteiger partial charge in [0.25, 0.3) is 0 Å². The molecule has 0 saturated heterocycles. The number of aliphatic hydroxyl groups excluding tert-OH is 1. The molecule has 0 spiro atoms. The molecule has 0 radical (unpaired) electrons. The summed E-state index contributed by atoms with van der Waals surface area (Å²) in [5.41, 5.74) is 3.96. The summed E-state index contributed by atoms with van der Waals surface area (Å²) in [6.45, 7) is 0.359. The number of ether oxygens (including phenoxy) is 1. The van der Waals surface area contributed by atoms with Crippen LogP contribution in [-0.2, 0) is 19.4 Å². The molecule has 1 atom stereocenters. The van der Waals surface area contributed by atoms with Crippen LogP contribution in [0.1, 0.15) is 22.4 Å². The maximum absolute atomic E-state index is 9.84. The second-order valence-corrected chi connectivity index (χ2v) is 6.62. The first-order valence-electron chi connectivity index (χ1n) is 8.91. The number of phenols is 1. The lowest BCUT2D eigenvalue weighted by Crippen LogP contribution is -2.28. The van der Waals surface area contributed by atoms with Gasteiger partial charge >= 0.3 is 0 Å². The Bertz CT molecular complexity index is 928. The molecule has 27 heavy (non-hydrogen) atoms. The molecular weight excluding hydrogens is 342 g/mol. The van der Waals surface area contributed by atoms with E-state index in [1.807, 2.05) is 36.4 Å². The molecule has 0 aliphatic carbocycles. The van der Waals surface area contributed by atoms with Crippen LogP contribution in [0.25, 0.3) is 0 Å². The van der Waals surface area contributed by atoms with E-state index in [4.69, 9.17) is 4.74 Å². The number of hydrogen-bond acceptors (Lipinski definition) is 6. The van der Waals surface area contributed by atoms with Crippen LogP contribution in [0.4, 0.5) is 5.82 Å². The molecule has 3 N–H and O–H groups in total. The Morgan fingerprint density at radius 2 is 1.89 bits per heavy atom. The van der Waals surface area contributed by atoms with Crippen LogP contribution in [-0.4, -0.2) is 32.8 Å². The van der Waals surface area contributed by atoms with E-state index in [0.717, 1.165) is 34.0 Å². The largest absolute Gasteiger partial charge is 0.508 e. The maximum Gasteiger partial charge on any atom is 0.133 e. The average Bonchev–Trinajstić information content (AvgIpc) is 2.89. The number of nitrogens with zero attached hydrogens (tertiary/aromatic N) is 2. The van der Waals surface area contributed by atoms with Crippen LogP contribution < -0.4 is 10.1 Å². The van der Waals surface area contributed by atoms with Gasteiger partial charge in [0.15, 0.2) is 0 Å². The monoisotopic (exact) mass is 363 g/mol. The summed E-state index contributed by atoms with van der Waals surface area (Å²) >= 11 is 0. The van der Waals surface area contributed by atoms with Gasteiger partial charge in [-0.25, -0.2) is 9.97 Å². The molecule has 0 fully saturated rings. The number of benzene rings is 2. The van der Waals surface area contributed by atoms with Crippen molar-refractivity contribution in [1.29, 1.82) is 0 Å². The first-order valence-corrected chi connectivity index (χ1v) is 8.91. The zero-order valence-electron chi connectivity index (χ0n) is 14.8. The van der Waals surface area contributed by atoms with Crippen LogP contribution in [0.5, 0.6) is 11.5 Å². The van der Waals surface area contributed by atoms with Crippen molar-refractivity contribution in [3.63, 3.8) is 0 Å². The third kappa shape index (κ3) is 3.85. The van der Waals surface area contributed by atoms with Gasteiger partial charge in [-0.1, -0.05) is 30.3 Å². The number of para-hydroxylation sites is 1. The molecule has 4 rings (SSSR count). The molecule has 1 aromatic heterocycles. The number of aromatic nitrogens is 2. The van der Waals surface area contributed by atoms with E-state index in [0.29, 0.717) is 19.4 Å².